The Hall–Kier alpha value is -6.72. The van der Waals surface area contributed by atoms with Gasteiger partial charge in [0.2, 0.25) is 0 Å². The fourth-order valence-corrected chi connectivity index (χ4v) is 9.47. The van der Waals surface area contributed by atoms with Crippen molar-refractivity contribution in [2.45, 2.75) is 117 Å². The van der Waals surface area contributed by atoms with E-state index in [4.69, 9.17) is 9.72 Å². The fraction of sp³-hybridized carbons (Fsp3) is 0.290. The second kappa shape index (κ2) is 16.6. The number of nitrogens with zero attached hydrogens (tertiary/aromatic N) is 4. The highest BCUT2D eigenvalue weighted by molar-refractivity contribution is 6.11. The molecule has 0 spiro atoms. The van der Waals surface area contributed by atoms with E-state index in [1.165, 1.54) is 44.2 Å². The number of pyridine rings is 1. The number of imidazole rings is 1. The summed E-state index contributed by atoms with van der Waals surface area (Å²) in [5, 5.41) is 2.38. The van der Waals surface area contributed by atoms with E-state index in [2.05, 4.69) is 262 Å². The van der Waals surface area contributed by atoms with E-state index in [1.807, 2.05) is 12.3 Å². The molecule has 9 aromatic rings. The lowest BCUT2D eigenvalue weighted by atomic mass is 9.76. The van der Waals surface area contributed by atoms with E-state index in [-0.39, 0.29) is 27.1 Å². The van der Waals surface area contributed by atoms with Crippen LogP contribution in [0.25, 0.3) is 39.0 Å². The van der Waals surface area contributed by atoms with Gasteiger partial charge >= 0.3 is 0 Å². The number of fused-ring (bicyclic) bond motifs is 3. The monoisotopic (exact) mass is 883 g/mol. The lowest BCUT2D eigenvalue weighted by molar-refractivity contribution is -0.611. The molecule has 0 radical (unpaired) electrons. The van der Waals surface area contributed by atoms with Crippen molar-refractivity contribution in [2.75, 3.05) is 0 Å². The van der Waals surface area contributed by atoms with Crippen molar-refractivity contribution in [1.82, 2.24) is 14.1 Å². The number of aromatic nitrogens is 4. The number of benzene rings is 6. The molecule has 3 aromatic heterocycles. The summed E-state index contributed by atoms with van der Waals surface area (Å²) in [6.07, 6.45) is 8.02. The van der Waals surface area contributed by atoms with Gasteiger partial charge in [0.25, 0.3) is 6.33 Å². The normalized spacial score (nSPS) is 12.9. The van der Waals surface area contributed by atoms with Crippen molar-refractivity contribution in [3.8, 4) is 28.7 Å². The van der Waals surface area contributed by atoms with Gasteiger partial charge in [0.05, 0.1) is 28.1 Å². The topological polar surface area (TPSA) is 35.9 Å². The van der Waals surface area contributed by atoms with Gasteiger partial charge in [-0.05, 0) is 104 Å². The summed E-state index contributed by atoms with van der Waals surface area (Å²) in [7, 11) is 0. The van der Waals surface area contributed by atoms with Gasteiger partial charge in [0, 0.05) is 40.1 Å². The third kappa shape index (κ3) is 8.61. The molecule has 67 heavy (non-hydrogen) atoms. The Balaban J connectivity index is 1.22. The average molecular weight is 883 g/mol. The Bertz CT molecular complexity index is 3220. The van der Waals surface area contributed by atoms with Gasteiger partial charge in [0.15, 0.2) is 0 Å². The smallest absolute Gasteiger partial charge is 0.269 e. The third-order valence-corrected chi connectivity index (χ3v) is 13.8. The first-order valence-electron chi connectivity index (χ1n) is 23.8. The molecule has 0 N–H and O–H groups in total. The van der Waals surface area contributed by atoms with Crippen molar-refractivity contribution in [3.63, 3.8) is 0 Å². The Morgan fingerprint density at radius 3 is 1.72 bits per heavy atom. The van der Waals surface area contributed by atoms with E-state index in [9.17, 15) is 0 Å². The zero-order chi connectivity index (χ0) is 47.7. The van der Waals surface area contributed by atoms with Gasteiger partial charge in [-0.1, -0.05) is 181 Å². The molecule has 340 valence electrons. The van der Waals surface area contributed by atoms with Crippen LogP contribution >= 0.6 is 0 Å². The number of rotatable bonds is 9. The van der Waals surface area contributed by atoms with Crippen LogP contribution in [0.2, 0.25) is 0 Å². The highest BCUT2D eigenvalue weighted by Gasteiger charge is 2.32. The number of para-hydroxylation sites is 1. The van der Waals surface area contributed by atoms with Crippen molar-refractivity contribution < 1.29 is 9.30 Å². The maximum Gasteiger partial charge on any atom is 0.269 e. The molecule has 0 amide bonds. The summed E-state index contributed by atoms with van der Waals surface area (Å²) in [6, 6.07) is 54.6. The minimum Gasteiger partial charge on any atom is -0.458 e. The molecule has 0 unspecified atom stereocenters. The van der Waals surface area contributed by atoms with Gasteiger partial charge in [-0.15, -0.1) is 0 Å². The van der Waals surface area contributed by atoms with Gasteiger partial charge < -0.3 is 4.74 Å². The van der Waals surface area contributed by atoms with Crippen LogP contribution in [0.15, 0.2) is 164 Å². The molecule has 0 aliphatic carbocycles. The Kier molecular flexibility index (Phi) is 11.2. The van der Waals surface area contributed by atoms with Crippen LogP contribution in [0, 0.1) is 6.33 Å². The first-order valence-corrected chi connectivity index (χ1v) is 23.8. The second-order valence-corrected chi connectivity index (χ2v) is 22.5. The summed E-state index contributed by atoms with van der Waals surface area (Å²) < 4.78 is 13.8. The van der Waals surface area contributed by atoms with E-state index < -0.39 is 0 Å². The molecule has 5 nitrogen and oxygen atoms in total. The summed E-state index contributed by atoms with van der Waals surface area (Å²) in [4.78, 5) is 5.02. The molecular weight excluding hydrogens is 817 g/mol. The molecule has 0 aliphatic heterocycles. The van der Waals surface area contributed by atoms with Gasteiger partial charge in [-0.3, -0.25) is 13.7 Å². The van der Waals surface area contributed by atoms with E-state index in [1.54, 1.807) is 0 Å². The average Bonchev–Trinajstić information content (AvgIpc) is 3.90. The van der Waals surface area contributed by atoms with Gasteiger partial charge in [-0.2, -0.15) is 0 Å². The van der Waals surface area contributed by atoms with Crippen molar-refractivity contribution >= 4 is 21.8 Å². The number of ether oxygens (including phenoxy) is 1. The maximum absolute atomic E-state index is 7.08. The van der Waals surface area contributed by atoms with E-state index in [0.29, 0.717) is 0 Å². The van der Waals surface area contributed by atoms with Crippen LogP contribution in [-0.2, 0) is 27.1 Å². The zero-order valence-electron chi connectivity index (χ0n) is 41.8. The highest BCUT2D eigenvalue weighted by atomic mass is 16.5. The summed E-state index contributed by atoms with van der Waals surface area (Å²) >= 11 is 0. The maximum atomic E-state index is 7.08. The molecule has 6 aromatic carbocycles. The largest absolute Gasteiger partial charge is 0.458 e. The van der Waals surface area contributed by atoms with Crippen molar-refractivity contribution in [3.05, 3.63) is 209 Å². The molecule has 3 heterocycles. The van der Waals surface area contributed by atoms with Crippen LogP contribution in [0.1, 0.15) is 129 Å². The second-order valence-electron chi connectivity index (χ2n) is 22.5. The standard InChI is InChI=1S/C62H66N4O/c1-58(2,3)44-31-32-63-56(36-44)66-53-30-21-20-29-51(53)57-52(61(10,11)42-23-16-14-17-24-42)38-50(39-54(57)66)67-49-28-22-27-47(37-49)64-40-55(62(12,13)43-25-18-15-19-26-43)65(41-64)48-34-45(59(4,5)6)33-46(35-48)60(7,8)9/h14-40H,1-13H3. The van der Waals surface area contributed by atoms with Crippen LogP contribution < -0.4 is 9.30 Å². The molecule has 5 heteroatoms. The molecule has 9 rings (SSSR count). The van der Waals surface area contributed by atoms with Crippen LogP contribution in [0.3, 0.4) is 0 Å². The Labute approximate surface area is 398 Å². The summed E-state index contributed by atoms with van der Waals surface area (Å²) in [5.74, 6) is 2.37. The Morgan fingerprint density at radius 2 is 1.09 bits per heavy atom. The minimum atomic E-state index is -0.372. The molecule has 0 fully saturated rings. The molecular formula is C62H66N4O. The number of hydrogen-bond acceptors (Lipinski definition) is 2. The first-order chi connectivity index (χ1) is 31.6. The molecule has 0 saturated heterocycles. The van der Waals surface area contributed by atoms with Gasteiger partial charge in [-0.25, -0.2) is 4.98 Å². The summed E-state index contributed by atoms with van der Waals surface area (Å²) in [5.41, 5.74) is 12.0. The lowest BCUT2D eigenvalue weighted by Gasteiger charge is -2.29. The fourth-order valence-electron chi connectivity index (χ4n) is 9.47. The van der Waals surface area contributed by atoms with Crippen LogP contribution in [0.5, 0.6) is 11.5 Å². The molecule has 0 saturated carbocycles. The third-order valence-electron chi connectivity index (χ3n) is 13.8. The van der Waals surface area contributed by atoms with Gasteiger partial charge in [0.1, 0.15) is 17.3 Å². The molecule has 0 bridgehead atoms. The predicted molar refractivity (Wildman–Crippen MR) is 278 cm³/mol. The Morgan fingerprint density at radius 1 is 0.493 bits per heavy atom. The SMILES string of the molecule is CC(C)(C)c1cc(-[n+]2[c-]n(-c3cccc(Oc4cc(C(C)(C)c5ccccc5)c5c6ccccc6n(-c6cc(C(C)(C)C)ccn6)c5c4)c3)cc2C(C)(C)c2ccccc2)cc(C(C)(C)C)c1. The van der Waals surface area contributed by atoms with Crippen molar-refractivity contribution in [1.29, 1.82) is 0 Å². The quantitative estimate of drug-likeness (QED) is 0.107. The molecule has 0 aliphatic rings. The highest BCUT2D eigenvalue weighted by Crippen LogP contribution is 2.45. The first kappa shape index (κ1) is 45.4. The molecule has 0 atom stereocenters. The minimum absolute atomic E-state index is 0.0412. The van der Waals surface area contributed by atoms with Crippen molar-refractivity contribution in [2.24, 2.45) is 0 Å². The van der Waals surface area contributed by atoms with E-state index >= 15 is 0 Å². The zero-order valence-corrected chi connectivity index (χ0v) is 41.8. The van der Waals surface area contributed by atoms with Crippen LogP contribution in [0.4, 0.5) is 0 Å². The predicted octanol–water partition coefficient (Wildman–Crippen LogP) is 15.4. The lowest BCUT2D eigenvalue weighted by Crippen LogP contribution is -2.41. The number of hydrogen-bond donors (Lipinski definition) is 0. The van der Waals surface area contributed by atoms with Crippen LogP contribution in [-0.4, -0.2) is 14.1 Å². The summed E-state index contributed by atoms with van der Waals surface area (Å²) in [6.45, 7) is 29.8. The van der Waals surface area contributed by atoms with E-state index in [0.717, 1.165) is 45.4 Å².